The van der Waals surface area contributed by atoms with Crippen molar-refractivity contribution in [2.45, 2.75) is 52.7 Å². The van der Waals surface area contributed by atoms with Crippen LogP contribution in [0.25, 0.3) is 0 Å². The van der Waals surface area contributed by atoms with Crippen molar-refractivity contribution < 1.29 is 4.74 Å². The smallest absolute Gasteiger partial charge is 0.122 e. The van der Waals surface area contributed by atoms with Crippen LogP contribution >= 0.6 is 0 Å². The fraction of sp³-hybridized carbons (Fsp3) is 0.647. The van der Waals surface area contributed by atoms with Gasteiger partial charge in [0.15, 0.2) is 0 Å². The third kappa shape index (κ3) is 3.11. The molecule has 0 radical (unpaired) electrons. The number of ether oxygens (including phenoxy) is 1. The molecule has 2 nitrogen and oxygen atoms in total. The molecule has 4 unspecified atom stereocenters. The highest BCUT2D eigenvalue weighted by Crippen LogP contribution is 2.33. The van der Waals surface area contributed by atoms with Crippen molar-refractivity contribution in [2.75, 3.05) is 7.05 Å². The average Bonchev–Trinajstić information content (AvgIpc) is 2.37. The minimum Gasteiger partial charge on any atom is -0.488 e. The number of nitrogens with one attached hydrogen (secondary N) is 1. The molecular weight excluding hydrogens is 234 g/mol. The van der Waals surface area contributed by atoms with Crippen LogP contribution in [0.5, 0.6) is 5.75 Å². The van der Waals surface area contributed by atoms with E-state index in [4.69, 9.17) is 4.74 Å². The topological polar surface area (TPSA) is 21.3 Å². The largest absolute Gasteiger partial charge is 0.488 e. The van der Waals surface area contributed by atoms with Gasteiger partial charge >= 0.3 is 0 Å². The molecular formula is C17H27NO. The van der Waals surface area contributed by atoms with E-state index in [0.717, 1.165) is 11.7 Å². The molecule has 0 spiro atoms. The summed E-state index contributed by atoms with van der Waals surface area (Å²) in [5.74, 6) is 2.43. The van der Waals surface area contributed by atoms with Crippen LogP contribution in [0.15, 0.2) is 18.2 Å². The van der Waals surface area contributed by atoms with Gasteiger partial charge in [-0.25, -0.2) is 0 Å². The van der Waals surface area contributed by atoms with Crippen molar-refractivity contribution in [1.82, 2.24) is 5.32 Å². The molecule has 0 aliphatic heterocycles. The van der Waals surface area contributed by atoms with Crippen molar-refractivity contribution in [1.29, 1.82) is 0 Å². The first kappa shape index (κ1) is 14.4. The third-order valence-corrected chi connectivity index (χ3v) is 4.58. The highest BCUT2D eigenvalue weighted by Gasteiger charge is 2.34. The Kier molecular flexibility index (Phi) is 4.51. The van der Waals surface area contributed by atoms with E-state index in [2.05, 4.69) is 58.3 Å². The van der Waals surface area contributed by atoms with Crippen LogP contribution in [0.3, 0.4) is 0 Å². The van der Waals surface area contributed by atoms with Gasteiger partial charge in [0.2, 0.25) is 0 Å². The van der Waals surface area contributed by atoms with Crippen LogP contribution in [-0.4, -0.2) is 19.2 Å². The summed E-state index contributed by atoms with van der Waals surface area (Å²) in [6, 6.07) is 6.78. The molecule has 1 fully saturated rings. The van der Waals surface area contributed by atoms with E-state index in [9.17, 15) is 0 Å². The molecule has 19 heavy (non-hydrogen) atoms. The lowest BCUT2D eigenvalue weighted by Crippen LogP contribution is -2.49. The van der Waals surface area contributed by atoms with Gasteiger partial charge in [-0.05, 0) is 62.8 Å². The monoisotopic (exact) mass is 261 g/mol. The molecule has 0 saturated heterocycles. The van der Waals surface area contributed by atoms with E-state index >= 15 is 0 Å². The van der Waals surface area contributed by atoms with Gasteiger partial charge in [-0.3, -0.25) is 0 Å². The van der Waals surface area contributed by atoms with Gasteiger partial charge in [-0.2, -0.15) is 0 Å². The molecule has 1 aliphatic carbocycles. The van der Waals surface area contributed by atoms with Crippen molar-refractivity contribution >= 4 is 0 Å². The maximum atomic E-state index is 6.37. The van der Waals surface area contributed by atoms with Gasteiger partial charge < -0.3 is 10.1 Å². The quantitative estimate of drug-likeness (QED) is 0.895. The fourth-order valence-electron chi connectivity index (χ4n) is 3.31. The predicted octanol–water partition coefficient (Wildman–Crippen LogP) is 3.70. The van der Waals surface area contributed by atoms with Crippen LogP contribution in [0.2, 0.25) is 0 Å². The van der Waals surface area contributed by atoms with Gasteiger partial charge in [0.25, 0.3) is 0 Å². The molecule has 1 saturated carbocycles. The lowest BCUT2D eigenvalue weighted by molar-refractivity contribution is 0.0501. The zero-order valence-corrected chi connectivity index (χ0v) is 12.9. The number of hydrogen-bond acceptors (Lipinski definition) is 2. The van der Waals surface area contributed by atoms with Crippen molar-refractivity contribution in [3.05, 3.63) is 29.3 Å². The van der Waals surface area contributed by atoms with Crippen molar-refractivity contribution in [2.24, 2.45) is 11.8 Å². The lowest BCUT2D eigenvalue weighted by Gasteiger charge is -2.39. The van der Waals surface area contributed by atoms with E-state index < -0.39 is 0 Å². The minimum atomic E-state index is 0.279. The summed E-state index contributed by atoms with van der Waals surface area (Å²) >= 11 is 0. The summed E-state index contributed by atoms with van der Waals surface area (Å²) in [5.41, 5.74) is 2.57. The first-order valence-electron chi connectivity index (χ1n) is 7.43. The predicted molar refractivity (Wildman–Crippen MR) is 80.7 cm³/mol. The maximum absolute atomic E-state index is 6.37. The van der Waals surface area contributed by atoms with Gasteiger partial charge in [-0.15, -0.1) is 0 Å². The molecule has 0 amide bonds. The number of aryl methyl sites for hydroxylation is 1. The molecule has 0 aromatic heterocycles. The normalized spacial score (nSPS) is 31.2. The summed E-state index contributed by atoms with van der Waals surface area (Å²) in [6.45, 7) is 8.95. The highest BCUT2D eigenvalue weighted by atomic mass is 16.5. The SMILES string of the molecule is CNC1CC(C)CC(C)C1Oc1cccc(C)c1C. The first-order valence-corrected chi connectivity index (χ1v) is 7.43. The molecule has 4 atom stereocenters. The Bertz CT molecular complexity index is 429. The van der Waals surface area contributed by atoms with Crippen LogP contribution in [0.4, 0.5) is 0 Å². The van der Waals surface area contributed by atoms with Crippen molar-refractivity contribution in [3.8, 4) is 5.75 Å². The molecule has 1 aromatic carbocycles. The number of benzene rings is 1. The Morgan fingerprint density at radius 1 is 1.16 bits per heavy atom. The summed E-state index contributed by atoms with van der Waals surface area (Å²) in [4.78, 5) is 0. The number of likely N-dealkylation sites (N-methyl/N-ethyl adjacent to an activating group) is 1. The molecule has 0 heterocycles. The summed E-state index contributed by atoms with van der Waals surface area (Å²) in [7, 11) is 2.05. The third-order valence-electron chi connectivity index (χ3n) is 4.58. The van der Waals surface area contributed by atoms with Crippen LogP contribution < -0.4 is 10.1 Å². The van der Waals surface area contributed by atoms with E-state index in [1.807, 2.05) is 0 Å². The molecule has 1 N–H and O–H groups in total. The molecule has 1 aromatic rings. The summed E-state index contributed by atoms with van der Waals surface area (Å²) < 4.78 is 6.37. The Hall–Kier alpha value is -1.02. The standard InChI is InChI=1S/C17H27NO/c1-11-9-13(3)17(15(10-11)18-5)19-16-8-6-7-12(2)14(16)4/h6-8,11,13,15,17-18H,9-10H2,1-5H3. The lowest BCUT2D eigenvalue weighted by atomic mass is 9.78. The van der Waals surface area contributed by atoms with Crippen molar-refractivity contribution in [3.63, 3.8) is 0 Å². The minimum absolute atomic E-state index is 0.279. The van der Waals surface area contributed by atoms with E-state index in [1.54, 1.807) is 0 Å². The van der Waals surface area contributed by atoms with E-state index in [-0.39, 0.29) is 6.10 Å². The molecule has 1 aliphatic rings. The van der Waals surface area contributed by atoms with Crippen LogP contribution in [0, 0.1) is 25.7 Å². The second kappa shape index (κ2) is 5.96. The van der Waals surface area contributed by atoms with Gasteiger partial charge in [0, 0.05) is 6.04 Å². The van der Waals surface area contributed by atoms with Crippen LogP contribution in [-0.2, 0) is 0 Å². The zero-order valence-electron chi connectivity index (χ0n) is 12.9. The summed E-state index contributed by atoms with van der Waals surface area (Å²) in [5, 5.41) is 3.44. The second-order valence-corrected chi connectivity index (χ2v) is 6.23. The molecule has 2 rings (SSSR count). The van der Waals surface area contributed by atoms with Gasteiger partial charge in [-0.1, -0.05) is 26.0 Å². The molecule has 106 valence electrons. The highest BCUT2D eigenvalue weighted by molar-refractivity contribution is 5.38. The summed E-state index contributed by atoms with van der Waals surface area (Å²) in [6.07, 6.45) is 2.74. The fourth-order valence-corrected chi connectivity index (χ4v) is 3.31. The Balaban J connectivity index is 2.18. The maximum Gasteiger partial charge on any atom is 0.122 e. The Labute approximate surface area is 117 Å². The second-order valence-electron chi connectivity index (χ2n) is 6.23. The molecule has 0 bridgehead atoms. The van der Waals surface area contributed by atoms with Gasteiger partial charge in [0.1, 0.15) is 11.9 Å². The first-order chi connectivity index (χ1) is 9.02. The Morgan fingerprint density at radius 3 is 2.58 bits per heavy atom. The molecule has 2 heteroatoms. The van der Waals surface area contributed by atoms with E-state index in [1.165, 1.54) is 24.0 Å². The van der Waals surface area contributed by atoms with Gasteiger partial charge in [0.05, 0.1) is 0 Å². The van der Waals surface area contributed by atoms with E-state index in [0.29, 0.717) is 12.0 Å². The Morgan fingerprint density at radius 2 is 1.89 bits per heavy atom. The van der Waals surface area contributed by atoms with Crippen LogP contribution in [0.1, 0.15) is 37.8 Å². The number of rotatable bonds is 3. The average molecular weight is 261 g/mol. The number of hydrogen-bond donors (Lipinski definition) is 1. The zero-order chi connectivity index (χ0) is 14.0.